The number of rotatable bonds is 3. The van der Waals surface area contributed by atoms with Crippen molar-refractivity contribution in [3.8, 4) is 0 Å². The first kappa shape index (κ1) is 11.5. The summed E-state index contributed by atoms with van der Waals surface area (Å²) in [5.74, 6) is 0.762. The van der Waals surface area contributed by atoms with E-state index in [1.54, 1.807) is 0 Å². The van der Waals surface area contributed by atoms with Gasteiger partial charge in [-0.2, -0.15) is 0 Å². The van der Waals surface area contributed by atoms with Crippen LogP contribution in [-0.4, -0.2) is 26.7 Å². The maximum absolute atomic E-state index is 6.11. The van der Waals surface area contributed by atoms with Gasteiger partial charge in [0.15, 0.2) is 0 Å². The molecule has 1 fully saturated rings. The van der Waals surface area contributed by atoms with E-state index in [1.807, 2.05) is 0 Å². The van der Waals surface area contributed by atoms with Gasteiger partial charge in [0.05, 0.1) is 6.10 Å². The predicted molar refractivity (Wildman–Crippen MR) is 61.3 cm³/mol. The first-order chi connectivity index (χ1) is 5.90. The summed E-state index contributed by atoms with van der Waals surface area (Å²) in [6.45, 7) is 10.3. The van der Waals surface area contributed by atoms with Gasteiger partial charge in [0.1, 0.15) is 0 Å². The van der Waals surface area contributed by atoms with Crippen molar-refractivity contribution in [1.82, 2.24) is 0 Å². The van der Waals surface area contributed by atoms with E-state index >= 15 is 0 Å². The Morgan fingerprint density at radius 3 is 2.38 bits per heavy atom. The minimum atomic E-state index is -1.02. The summed E-state index contributed by atoms with van der Waals surface area (Å²) in [4.78, 5) is 0. The zero-order valence-electron chi connectivity index (χ0n) is 9.19. The first-order valence-corrected chi connectivity index (χ1v) is 9.31. The molecule has 1 saturated heterocycles. The summed E-state index contributed by atoms with van der Waals surface area (Å²) >= 11 is 6.11. The molecule has 13 heavy (non-hydrogen) atoms. The summed E-state index contributed by atoms with van der Waals surface area (Å²) in [6.07, 6.45) is 1.51. The number of alkyl halides is 1. The summed E-state index contributed by atoms with van der Waals surface area (Å²) in [5, 5.41) is 0. The molecule has 0 aromatic carbocycles. The molecule has 78 valence electrons. The Labute approximate surface area is 87.8 Å². The second-order valence-corrected chi connectivity index (χ2v) is 11.2. The van der Waals surface area contributed by atoms with E-state index in [4.69, 9.17) is 16.3 Å². The lowest BCUT2D eigenvalue weighted by molar-refractivity contribution is 0.0805. The van der Waals surface area contributed by atoms with Gasteiger partial charge < -0.3 is 4.74 Å². The molecule has 0 aromatic rings. The van der Waals surface area contributed by atoms with Gasteiger partial charge in [-0.3, -0.25) is 0 Å². The molecule has 0 aromatic heterocycles. The second-order valence-electron chi connectivity index (χ2n) is 5.50. The molecule has 2 atom stereocenters. The van der Waals surface area contributed by atoms with E-state index in [2.05, 4.69) is 26.6 Å². The molecule has 1 rings (SSSR count). The fraction of sp³-hybridized carbons (Fsp3) is 1.00. The molecular weight excluding hydrogens is 200 g/mol. The zero-order valence-corrected chi connectivity index (χ0v) is 10.9. The van der Waals surface area contributed by atoms with Gasteiger partial charge in [-0.1, -0.05) is 19.6 Å². The van der Waals surface area contributed by atoms with Gasteiger partial charge >= 0.3 is 0 Å². The van der Waals surface area contributed by atoms with Crippen molar-refractivity contribution in [1.29, 1.82) is 0 Å². The molecule has 1 nitrogen and oxygen atoms in total. The summed E-state index contributed by atoms with van der Waals surface area (Å²) < 4.78 is 5.64. The van der Waals surface area contributed by atoms with E-state index in [1.165, 1.54) is 6.04 Å². The van der Waals surface area contributed by atoms with Gasteiger partial charge in [-0.05, 0) is 19.4 Å². The molecule has 3 heteroatoms. The van der Waals surface area contributed by atoms with Crippen LogP contribution in [0.15, 0.2) is 0 Å². The van der Waals surface area contributed by atoms with Crippen LogP contribution in [0.25, 0.3) is 0 Å². The maximum Gasteiger partial charge on any atom is 0.0612 e. The van der Waals surface area contributed by atoms with Crippen molar-refractivity contribution in [2.75, 3.05) is 12.5 Å². The van der Waals surface area contributed by atoms with Crippen molar-refractivity contribution in [2.24, 2.45) is 5.41 Å². The first-order valence-electron chi connectivity index (χ1n) is 5.07. The third-order valence-electron chi connectivity index (χ3n) is 2.98. The van der Waals surface area contributed by atoms with Crippen LogP contribution < -0.4 is 0 Å². The lowest BCUT2D eigenvalue weighted by Crippen LogP contribution is -2.38. The molecule has 0 saturated carbocycles. The van der Waals surface area contributed by atoms with Gasteiger partial charge in [0, 0.05) is 26.0 Å². The average molecular weight is 221 g/mol. The third-order valence-corrected chi connectivity index (χ3v) is 5.28. The zero-order chi connectivity index (χ0) is 10.1. The number of halogens is 1. The van der Waals surface area contributed by atoms with Gasteiger partial charge in [-0.25, -0.2) is 0 Å². The molecule has 0 bridgehead atoms. The van der Waals surface area contributed by atoms with Crippen LogP contribution in [0.5, 0.6) is 0 Å². The highest BCUT2D eigenvalue weighted by Crippen LogP contribution is 2.42. The lowest BCUT2D eigenvalue weighted by Gasteiger charge is -2.35. The number of hydrogen-bond acceptors (Lipinski definition) is 1. The molecule has 0 N–H and O–H groups in total. The predicted octanol–water partition coefficient (Wildman–Crippen LogP) is 3.36. The van der Waals surface area contributed by atoms with Crippen molar-refractivity contribution in [3.05, 3.63) is 0 Å². The summed E-state index contributed by atoms with van der Waals surface area (Å²) in [7, 11) is -1.02. The Bertz CT molecular complexity index is 178. The average Bonchev–Trinajstić information content (AvgIpc) is 2.30. The molecule has 0 aliphatic carbocycles. The van der Waals surface area contributed by atoms with Gasteiger partial charge in [0.25, 0.3) is 0 Å². The third kappa shape index (κ3) is 2.71. The topological polar surface area (TPSA) is 9.23 Å². The van der Waals surface area contributed by atoms with Crippen molar-refractivity contribution in [2.45, 2.75) is 45.1 Å². The van der Waals surface area contributed by atoms with Crippen LogP contribution in [0, 0.1) is 5.41 Å². The monoisotopic (exact) mass is 220 g/mol. The molecule has 1 aliphatic heterocycles. The molecule has 0 spiro atoms. The highest BCUT2D eigenvalue weighted by atomic mass is 35.5. The SMILES string of the molecule is CC1OCCC1(CCl)C[Si](C)(C)C. The minimum Gasteiger partial charge on any atom is -0.378 e. The fourth-order valence-electron chi connectivity index (χ4n) is 2.33. The highest BCUT2D eigenvalue weighted by molar-refractivity contribution is 6.76. The quantitative estimate of drug-likeness (QED) is 0.524. The van der Waals surface area contributed by atoms with Crippen LogP contribution in [0.1, 0.15) is 13.3 Å². The van der Waals surface area contributed by atoms with Gasteiger partial charge in [0.2, 0.25) is 0 Å². The Hall–Kier alpha value is 0.467. The molecule has 0 radical (unpaired) electrons. The molecular formula is C10H21ClOSi. The Kier molecular flexibility index (Phi) is 3.47. The minimum absolute atomic E-state index is 0.284. The normalized spacial score (nSPS) is 35.3. The fourth-order valence-corrected chi connectivity index (χ4v) is 5.64. The molecule has 0 amide bonds. The smallest absolute Gasteiger partial charge is 0.0612 e. The maximum atomic E-state index is 6.11. The molecule has 1 heterocycles. The van der Waals surface area contributed by atoms with E-state index < -0.39 is 8.07 Å². The van der Waals surface area contributed by atoms with E-state index in [0.717, 1.165) is 18.9 Å². The van der Waals surface area contributed by atoms with Crippen LogP contribution in [0.2, 0.25) is 25.7 Å². The molecule has 1 aliphatic rings. The summed E-state index contributed by atoms with van der Waals surface area (Å²) in [5.41, 5.74) is 0.284. The Balaban J connectivity index is 2.70. The van der Waals surface area contributed by atoms with Crippen LogP contribution >= 0.6 is 11.6 Å². The number of hydrogen-bond donors (Lipinski definition) is 0. The van der Waals surface area contributed by atoms with Gasteiger partial charge in [-0.15, -0.1) is 11.6 Å². The number of ether oxygens (including phenoxy) is 1. The van der Waals surface area contributed by atoms with E-state index in [9.17, 15) is 0 Å². The van der Waals surface area contributed by atoms with E-state index in [-0.39, 0.29) is 5.41 Å². The van der Waals surface area contributed by atoms with Crippen LogP contribution in [-0.2, 0) is 4.74 Å². The Morgan fingerprint density at radius 1 is 1.46 bits per heavy atom. The van der Waals surface area contributed by atoms with Crippen LogP contribution in [0.3, 0.4) is 0 Å². The Morgan fingerprint density at radius 2 is 2.08 bits per heavy atom. The standard InChI is InChI=1S/C10H21ClOSi/c1-9-10(7-11,5-6-12-9)8-13(2,3)4/h9H,5-8H2,1-4H3. The van der Waals surface area contributed by atoms with Crippen molar-refractivity contribution < 1.29 is 4.74 Å². The van der Waals surface area contributed by atoms with Crippen molar-refractivity contribution in [3.63, 3.8) is 0 Å². The molecule has 2 unspecified atom stereocenters. The summed E-state index contributed by atoms with van der Waals surface area (Å²) in [6, 6.07) is 1.30. The highest BCUT2D eigenvalue weighted by Gasteiger charge is 2.43. The lowest BCUT2D eigenvalue weighted by atomic mass is 9.86. The second kappa shape index (κ2) is 3.91. The largest absolute Gasteiger partial charge is 0.378 e. The van der Waals surface area contributed by atoms with Crippen molar-refractivity contribution >= 4 is 19.7 Å². The van der Waals surface area contributed by atoms with Crippen LogP contribution in [0.4, 0.5) is 0 Å². The van der Waals surface area contributed by atoms with E-state index in [0.29, 0.717) is 6.10 Å².